The molecule has 1 aromatic carbocycles. The van der Waals surface area contributed by atoms with Crippen LogP contribution in [0.25, 0.3) is 0 Å². The monoisotopic (exact) mass is 577 g/mol. The van der Waals surface area contributed by atoms with E-state index in [1.165, 1.54) is 6.92 Å². The van der Waals surface area contributed by atoms with Crippen molar-refractivity contribution < 1.29 is 61.6 Å². The first-order valence-electron chi connectivity index (χ1n) is 10.7. The van der Waals surface area contributed by atoms with Crippen LogP contribution in [0.5, 0.6) is 0 Å². The number of hydrogen-bond donors (Lipinski definition) is 4. The summed E-state index contributed by atoms with van der Waals surface area (Å²) in [6.07, 6.45) is -5.17. The second-order valence-electron chi connectivity index (χ2n) is 7.80. The van der Waals surface area contributed by atoms with Gasteiger partial charge in [-0.25, -0.2) is 9.59 Å². The van der Waals surface area contributed by atoms with Gasteiger partial charge in [0, 0.05) is 18.2 Å². The van der Waals surface area contributed by atoms with Crippen molar-refractivity contribution in [3.63, 3.8) is 0 Å². The maximum atomic E-state index is 13.1. The number of thioether (sulfide) groups is 1. The van der Waals surface area contributed by atoms with Crippen molar-refractivity contribution in [2.45, 2.75) is 30.6 Å². The van der Waals surface area contributed by atoms with Crippen LogP contribution in [-0.4, -0.2) is 87.0 Å². The Bertz CT molecular complexity index is 1190. The van der Waals surface area contributed by atoms with Gasteiger partial charge in [-0.15, -0.1) is 11.8 Å². The summed E-state index contributed by atoms with van der Waals surface area (Å²) < 4.78 is 41.9. The summed E-state index contributed by atoms with van der Waals surface area (Å²) >= 11 is 1.07. The van der Waals surface area contributed by atoms with E-state index < -0.39 is 59.5 Å². The predicted octanol–water partition coefficient (Wildman–Crippen LogP) is -0.00630. The fourth-order valence-electron chi connectivity index (χ4n) is 3.38. The van der Waals surface area contributed by atoms with Crippen molar-refractivity contribution >= 4 is 47.5 Å². The van der Waals surface area contributed by atoms with Gasteiger partial charge in [0.15, 0.2) is 5.37 Å². The fourth-order valence-corrected chi connectivity index (χ4v) is 4.75. The molecule has 2 heterocycles. The lowest BCUT2D eigenvalue weighted by atomic mass is 9.97. The number of β-lactam (4-membered cyclic amide) rings is 1. The van der Waals surface area contributed by atoms with E-state index in [9.17, 15) is 42.3 Å². The maximum Gasteiger partial charge on any atom is 0.490 e. The lowest BCUT2D eigenvalue weighted by molar-refractivity contribution is -0.202. The number of carboxylic acid groups (broad SMARTS) is 2. The van der Waals surface area contributed by atoms with E-state index in [4.69, 9.17) is 25.1 Å². The molecule has 0 radical (unpaired) electrons. The minimum atomic E-state index is -5.08. The second kappa shape index (κ2) is 12.6. The van der Waals surface area contributed by atoms with E-state index >= 15 is 0 Å². The molecule has 1 aromatic rings. The number of halogens is 3. The Balaban J connectivity index is 0.000000673. The van der Waals surface area contributed by atoms with Crippen LogP contribution in [0.3, 0.4) is 0 Å². The molecule has 0 saturated carbocycles. The third-order valence-corrected chi connectivity index (χ3v) is 6.35. The Morgan fingerprint density at radius 1 is 1.18 bits per heavy atom. The lowest BCUT2D eigenvalue weighted by Gasteiger charge is -2.55. The molecule has 2 amide bonds. The Kier molecular flexibility index (Phi) is 10.1. The standard InChI is InChI=1S/C20H21N3O8S.C2HF3O2/c1-11(24)30-9-13-10-32-19-20(31-15(26)8-21,18(29)23(19)16(13)17(27)28)22-14(25)7-12-5-3-2-4-6-12;3-2(4,5)1(6)7/h2-6,19H,7-10,21H2,1H3,(H,22,25)(H,27,28);(H,6,7)/t19-,20-;/m1./s1. The SMILES string of the molecule is CC(=O)OCC1=C(C(=O)O)N2C(=O)[C@@](NC(=O)Cc3ccccc3)(OC(=O)CN)[C@H]2SC1.O=C(O)C(F)(F)F. The number of hydrogen-bond acceptors (Lipinski definition) is 10. The van der Waals surface area contributed by atoms with Gasteiger partial charge < -0.3 is 30.7 Å². The van der Waals surface area contributed by atoms with Gasteiger partial charge in [0.1, 0.15) is 12.3 Å². The predicted molar refractivity (Wildman–Crippen MR) is 124 cm³/mol. The number of nitrogens with one attached hydrogen (secondary N) is 1. The summed E-state index contributed by atoms with van der Waals surface area (Å²) in [5, 5.41) is 18.2. The van der Waals surface area contributed by atoms with Crippen molar-refractivity contribution in [3.05, 3.63) is 47.2 Å². The molecule has 212 valence electrons. The number of nitrogens with zero attached hydrogens (tertiary/aromatic N) is 1. The average molecular weight is 577 g/mol. The van der Waals surface area contributed by atoms with E-state index in [2.05, 4.69) is 5.32 Å². The minimum Gasteiger partial charge on any atom is -0.477 e. The van der Waals surface area contributed by atoms with Gasteiger partial charge >= 0.3 is 30.1 Å². The van der Waals surface area contributed by atoms with Crippen LogP contribution in [0.1, 0.15) is 12.5 Å². The van der Waals surface area contributed by atoms with Crippen molar-refractivity contribution in [3.8, 4) is 0 Å². The Morgan fingerprint density at radius 2 is 1.77 bits per heavy atom. The number of rotatable bonds is 8. The largest absolute Gasteiger partial charge is 0.490 e. The molecule has 0 unspecified atom stereocenters. The first-order chi connectivity index (χ1) is 18.1. The van der Waals surface area contributed by atoms with Crippen LogP contribution < -0.4 is 11.1 Å². The quantitative estimate of drug-likeness (QED) is 0.183. The van der Waals surface area contributed by atoms with E-state index in [0.717, 1.165) is 16.7 Å². The fraction of sp³-hybridized carbons (Fsp3) is 0.364. The van der Waals surface area contributed by atoms with Crippen molar-refractivity contribution in [2.24, 2.45) is 5.73 Å². The third-order valence-electron chi connectivity index (χ3n) is 4.98. The van der Waals surface area contributed by atoms with Crippen molar-refractivity contribution in [1.29, 1.82) is 0 Å². The highest BCUT2D eigenvalue weighted by molar-refractivity contribution is 8.00. The molecule has 13 nitrogen and oxygen atoms in total. The smallest absolute Gasteiger partial charge is 0.477 e. The summed E-state index contributed by atoms with van der Waals surface area (Å²) in [4.78, 5) is 70.6. The zero-order valence-corrected chi connectivity index (χ0v) is 20.8. The Hall–Kier alpha value is -4.12. The molecule has 0 spiro atoms. The number of alkyl halides is 3. The third kappa shape index (κ3) is 7.47. The number of carboxylic acids is 2. The molecule has 2 aliphatic rings. The van der Waals surface area contributed by atoms with Crippen LogP contribution in [0.4, 0.5) is 13.2 Å². The number of carbonyl (C=O) groups excluding carboxylic acids is 4. The number of ether oxygens (including phenoxy) is 2. The second-order valence-corrected chi connectivity index (χ2v) is 8.87. The first kappa shape index (κ1) is 31.1. The molecule has 2 atom stereocenters. The molecule has 0 aromatic heterocycles. The first-order valence-corrected chi connectivity index (χ1v) is 11.8. The number of esters is 2. The minimum absolute atomic E-state index is 0.0693. The summed E-state index contributed by atoms with van der Waals surface area (Å²) in [5.41, 5.74) is 3.72. The molecular formula is C22H22F3N3O10S. The number of nitrogens with two attached hydrogens (primary N) is 1. The van der Waals surface area contributed by atoms with Gasteiger partial charge in [-0.3, -0.25) is 24.1 Å². The van der Waals surface area contributed by atoms with Gasteiger partial charge in [0.25, 0.3) is 11.6 Å². The number of fused-ring (bicyclic) bond motifs is 1. The number of carbonyl (C=O) groups is 6. The van der Waals surface area contributed by atoms with Gasteiger partial charge in [0.05, 0.1) is 13.0 Å². The molecule has 17 heteroatoms. The molecule has 2 aliphatic heterocycles. The van der Waals surface area contributed by atoms with E-state index in [1.54, 1.807) is 30.3 Å². The Morgan fingerprint density at radius 3 is 2.26 bits per heavy atom. The van der Waals surface area contributed by atoms with Crippen LogP contribution in [-0.2, 0) is 44.7 Å². The van der Waals surface area contributed by atoms with Crippen molar-refractivity contribution in [1.82, 2.24) is 10.2 Å². The number of benzene rings is 1. The number of aliphatic carboxylic acids is 2. The van der Waals surface area contributed by atoms with Crippen LogP contribution >= 0.6 is 11.8 Å². The highest BCUT2D eigenvalue weighted by Gasteiger charge is 2.68. The van der Waals surface area contributed by atoms with Crippen LogP contribution in [0.15, 0.2) is 41.6 Å². The van der Waals surface area contributed by atoms with E-state index in [1.807, 2.05) is 0 Å². The summed E-state index contributed by atoms with van der Waals surface area (Å²) in [6, 6.07) is 8.71. The van der Waals surface area contributed by atoms with Crippen LogP contribution in [0, 0.1) is 0 Å². The maximum absolute atomic E-state index is 13.1. The van der Waals surface area contributed by atoms with E-state index in [-0.39, 0.29) is 30.1 Å². The Labute approximate surface area is 222 Å². The van der Waals surface area contributed by atoms with Crippen molar-refractivity contribution in [2.75, 3.05) is 18.9 Å². The molecule has 0 aliphatic carbocycles. The topological polar surface area (TPSA) is 203 Å². The normalized spacial score (nSPS) is 20.0. The van der Waals surface area contributed by atoms with Gasteiger partial charge in [0.2, 0.25) is 5.91 Å². The molecule has 3 rings (SSSR count). The van der Waals surface area contributed by atoms with Gasteiger partial charge in [-0.05, 0) is 5.56 Å². The zero-order chi connectivity index (χ0) is 29.5. The highest BCUT2D eigenvalue weighted by Crippen LogP contribution is 2.47. The number of amides is 2. The molecule has 1 saturated heterocycles. The highest BCUT2D eigenvalue weighted by atomic mass is 32.2. The summed E-state index contributed by atoms with van der Waals surface area (Å²) in [6.45, 7) is 0.324. The van der Waals surface area contributed by atoms with Gasteiger partial charge in [-0.2, -0.15) is 13.2 Å². The van der Waals surface area contributed by atoms with E-state index in [0.29, 0.717) is 5.56 Å². The summed E-state index contributed by atoms with van der Waals surface area (Å²) in [5.74, 6) is -7.18. The van der Waals surface area contributed by atoms with Crippen LogP contribution in [0.2, 0.25) is 0 Å². The average Bonchev–Trinajstić information content (AvgIpc) is 2.86. The molecule has 1 fully saturated rings. The molecule has 5 N–H and O–H groups in total. The molecule has 0 bridgehead atoms. The molecular weight excluding hydrogens is 555 g/mol. The summed E-state index contributed by atoms with van der Waals surface area (Å²) in [7, 11) is 0. The lowest BCUT2D eigenvalue weighted by Crippen LogP contribution is -2.81. The zero-order valence-electron chi connectivity index (χ0n) is 20.0. The molecule has 39 heavy (non-hydrogen) atoms. The van der Waals surface area contributed by atoms with Gasteiger partial charge in [-0.1, -0.05) is 30.3 Å².